The molecule has 3 nitrogen and oxygen atoms in total. The molecule has 0 aliphatic heterocycles. The molecule has 1 aliphatic rings. The van der Waals surface area contributed by atoms with Crippen molar-refractivity contribution in [1.82, 2.24) is 5.32 Å². The summed E-state index contributed by atoms with van der Waals surface area (Å²) in [6, 6.07) is 7.67. The van der Waals surface area contributed by atoms with Crippen molar-refractivity contribution in [2.75, 3.05) is 5.73 Å². The summed E-state index contributed by atoms with van der Waals surface area (Å²) < 4.78 is 0. The van der Waals surface area contributed by atoms with Crippen molar-refractivity contribution >= 4 is 11.6 Å². The number of hydrogen-bond acceptors (Lipinski definition) is 2. The second-order valence-corrected chi connectivity index (χ2v) is 6.77. The maximum atomic E-state index is 12.4. The molecule has 104 valence electrons. The second kappa shape index (κ2) is 4.26. The Bertz CT molecular complexity index is 474. The Morgan fingerprint density at radius 2 is 1.63 bits per heavy atom. The summed E-state index contributed by atoms with van der Waals surface area (Å²) in [4.78, 5) is 12.4. The van der Waals surface area contributed by atoms with Crippen LogP contribution in [0.25, 0.3) is 0 Å². The van der Waals surface area contributed by atoms with Crippen LogP contribution >= 0.6 is 0 Å². The van der Waals surface area contributed by atoms with E-state index in [-0.39, 0.29) is 28.7 Å². The van der Waals surface area contributed by atoms with E-state index in [0.717, 1.165) is 11.3 Å². The Morgan fingerprint density at radius 3 is 2.05 bits per heavy atom. The van der Waals surface area contributed by atoms with Gasteiger partial charge in [-0.15, -0.1) is 0 Å². The number of benzene rings is 1. The van der Waals surface area contributed by atoms with E-state index in [1.165, 1.54) is 0 Å². The summed E-state index contributed by atoms with van der Waals surface area (Å²) in [5, 5.41) is 3.11. The van der Waals surface area contributed by atoms with Crippen LogP contribution in [0.3, 0.4) is 0 Å². The molecule has 1 aromatic carbocycles. The predicted molar refractivity (Wildman–Crippen MR) is 78.5 cm³/mol. The molecule has 1 aromatic rings. The smallest absolute Gasteiger partial charge is 0.224 e. The molecule has 0 spiro atoms. The average molecular weight is 260 g/mol. The molecule has 0 aromatic heterocycles. The van der Waals surface area contributed by atoms with Crippen LogP contribution in [0.1, 0.15) is 46.2 Å². The van der Waals surface area contributed by atoms with Gasteiger partial charge in [0, 0.05) is 11.6 Å². The van der Waals surface area contributed by atoms with Crippen LogP contribution in [-0.4, -0.2) is 5.91 Å². The standard InChI is InChI=1S/C16H24N2O/c1-10(11-6-8-12(17)9-7-11)18-14(19)13-15(2,3)16(13,4)5/h6-10,13H,17H2,1-5H3,(H,18,19). The number of carbonyl (C=O) groups is 1. The highest BCUT2D eigenvalue weighted by molar-refractivity contribution is 5.84. The van der Waals surface area contributed by atoms with E-state index in [9.17, 15) is 4.79 Å². The largest absolute Gasteiger partial charge is 0.399 e. The van der Waals surface area contributed by atoms with Crippen LogP contribution in [0.15, 0.2) is 24.3 Å². The van der Waals surface area contributed by atoms with Crippen molar-refractivity contribution in [2.24, 2.45) is 16.7 Å². The van der Waals surface area contributed by atoms with E-state index >= 15 is 0 Å². The lowest BCUT2D eigenvalue weighted by molar-refractivity contribution is -0.124. The number of nitrogens with two attached hydrogens (primary N) is 1. The molecule has 19 heavy (non-hydrogen) atoms. The molecular weight excluding hydrogens is 236 g/mol. The number of nitrogen functional groups attached to an aromatic ring is 1. The fraction of sp³-hybridized carbons (Fsp3) is 0.562. The van der Waals surface area contributed by atoms with Crippen molar-refractivity contribution in [3.63, 3.8) is 0 Å². The van der Waals surface area contributed by atoms with Gasteiger partial charge in [0.05, 0.1) is 6.04 Å². The first-order chi connectivity index (χ1) is 8.68. The van der Waals surface area contributed by atoms with E-state index in [0.29, 0.717) is 0 Å². The van der Waals surface area contributed by atoms with Gasteiger partial charge >= 0.3 is 0 Å². The molecule has 1 atom stereocenters. The van der Waals surface area contributed by atoms with Gasteiger partial charge in [-0.1, -0.05) is 39.8 Å². The Kier molecular flexibility index (Phi) is 3.12. The van der Waals surface area contributed by atoms with Crippen LogP contribution < -0.4 is 11.1 Å². The van der Waals surface area contributed by atoms with Gasteiger partial charge in [-0.2, -0.15) is 0 Å². The third kappa shape index (κ3) is 2.22. The summed E-state index contributed by atoms with van der Waals surface area (Å²) in [5.41, 5.74) is 7.66. The maximum Gasteiger partial charge on any atom is 0.224 e. The highest BCUT2D eigenvalue weighted by atomic mass is 16.2. The number of carbonyl (C=O) groups excluding carboxylic acids is 1. The molecular formula is C16H24N2O. The molecule has 1 fully saturated rings. The lowest BCUT2D eigenvalue weighted by atomic mass is 10.0. The zero-order valence-electron chi connectivity index (χ0n) is 12.4. The topological polar surface area (TPSA) is 55.1 Å². The Morgan fingerprint density at radius 1 is 1.16 bits per heavy atom. The van der Waals surface area contributed by atoms with E-state index < -0.39 is 0 Å². The van der Waals surface area contributed by atoms with E-state index in [1.54, 1.807) is 0 Å². The summed E-state index contributed by atoms with van der Waals surface area (Å²) in [5.74, 6) is 0.246. The zero-order chi connectivity index (χ0) is 14.4. The minimum atomic E-state index is 0.0142. The highest BCUT2D eigenvalue weighted by Crippen LogP contribution is 2.68. The first-order valence-electron chi connectivity index (χ1n) is 6.83. The summed E-state index contributed by atoms with van der Waals surface area (Å²) in [6.45, 7) is 10.6. The van der Waals surface area contributed by atoms with Gasteiger partial charge in [0.2, 0.25) is 5.91 Å². The molecule has 2 rings (SSSR count). The first kappa shape index (κ1) is 13.9. The third-order valence-corrected chi connectivity index (χ3v) is 5.08. The quantitative estimate of drug-likeness (QED) is 0.820. The van der Waals surface area contributed by atoms with Gasteiger partial charge in [0.25, 0.3) is 0 Å². The van der Waals surface area contributed by atoms with Gasteiger partial charge in [-0.3, -0.25) is 4.79 Å². The molecule has 1 unspecified atom stereocenters. The van der Waals surface area contributed by atoms with Crippen molar-refractivity contribution < 1.29 is 4.79 Å². The predicted octanol–water partition coefficient (Wildman–Crippen LogP) is 3.13. The lowest BCUT2D eigenvalue weighted by Gasteiger charge is -2.15. The van der Waals surface area contributed by atoms with Crippen molar-refractivity contribution in [1.29, 1.82) is 0 Å². The van der Waals surface area contributed by atoms with E-state index in [4.69, 9.17) is 5.73 Å². The summed E-state index contributed by atoms with van der Waals surface area (Å²) in [6.07, 6.45) is 0. The Balaban J connectivity index is 2.03. The normalized spacial score (nSPS) is 21.7. The monoisotopic (exact) mass is 260 g/mol. The lowest BCUT2D eigenvalue weighted by Crippen LogP contribution is -2.30. The fourth-order valence-electron chi connectivity index (χ4n) is 3.02. The summed E-state index contributed by atoms with van der Waals surface area (Å²) in [7, 11) is 0. The number of hydrogen-bond donors (Lipinski definition) is 2. The van der Waals surface area contributed by atoms with Crippen molar-refractivity contribution in [3.8, 4) is 0 Å². The first-order valence-corrected chi connectivity index (χ1v) is 6.83. The van der Waals surface area contributed by atoms with Crippen molar-refractivity contribution in [2.45, 2.75) is 40.7 Å². The zero-order valence-corrected chi connectivity index (χ0v) is 12.4. The van der Waals surface area contributed by atoms with Crippen LogP contribution in [0.5, 0.6) is 0 Å². The third-order valence-electron chi connectivity index (χ3n) is 5.08. The number of amides is 1. The van der Waals surface area contributed by atoms with Gasteiger partial charge in [-0.05, 0) is 35.4 Å². The minimum absolute atomic E-state index is 0.0142. The van der Waals surface area contributed by atoms with Crippen LogP contribution in [-0.2, 0) is 4.79 Å². The number of anilines is 1. The van der Waals surface area contributed by atoms with Crippen LogP contribution in [0.4, 0.5) is 5.69 Å². The van der Waals surface area contributed by atoms with E-state index in [1.807, 2.05) is 31.2 Å². The molecule has 3 N–H and O–H groups in total. The molecule has 0 radical (unpaired) electrons. The number of nitrogens with one attached hydrogen (secondary N) is 1. The molecule has 3 heteroatoms. The minimum Gasteiger partial charge on any atom is -0.399 e. The molecule has 0 heterocycles. The fourth-order valence-corrected chi connectivity index (χ4v) is 3.02. The number of rotatable bonds is 3. The second-order valence-electron chi connectivity index (χ2n) is 6.77. The van der Waals surface area contributed by atoms with Gasteiger partial charge in [0.15, 0.2) is 0 Å². The SMILES string of the molecule is CC(NC(=O)C1C(C)(C)C1(C)C)c1ccc(N)cc1. The van der Waals surface area contributed by atoms with Gasteiger partial charge in [0.1, 0.15) is 0 Å². The van der Waals surface area contributed by atoms with Gasteiger partial charge in [-0.25, -0.2) is 0 Å². The molecule has 1 amide bonds. The molecule has 1 aliphatic carbocycles. The molecule has 0 bridgehead atoms. The average Bonchev–Trinajstić information content (AvgIpc) is 2.69. The molecule has 1 saturated carbocycles. The van der Waals surface area contributed by atoms with Gasteiger partial charge < -0.3 is 11.1 Å². The summed E-state index contributed by atoms with van der Waals surface area (Å²) >= 11 is 0. The van der Waals surface area contributed by atoms with E-state index in [2.05, 4.69) is 33.0 Å². The molecule has 0 saturated heterocycles. The Labute approximate surface area is 115 Å². The van der Waals surface area contributed by atoms with Crippen LogP contribution in [0.2, 0.25) is 0 Å². The van der Waals surface area contributed by atoms with Crippen LogP contribution in [0, 0.1) is 16.7 Å². The Hall–Kier alpha value is -1.51. The van der Waals surface area contributed by atoms with Crippen molar-refractivity contribution in [3.05, 3.63) is 29.8 Å². The highest BCUT2D eigenvalue weighted by Gasteiger charge is 2.68. The maximum absolute atomic E-state index is 12.4.